The molecule has 0 bridgehead atoms. The van der Waals surface area contributed by atoms with E-state index in [1.807, 2.05) is 11.8 Å². The minimum atomic E-state index is -3.77. The normalized spacial score (nSPS) is 21.2. The van der Waals surface area contributed by atoms with Gasteiger partial charge in [-0.3, -0.25) is 9.69 Å². The van der Waals surface area contributed by atoms with Crippen molar-refractivity contribution >= 4 is 44.3 Å². The summed E-state index contributed by atoms with van der Waals surface area (Å²) in [4.78, 5) is 20.3. The lowest BCUT2D eigenvalue weighted by molar-refractivity contribution is -0.120. The molecule has 0 radical (unpaired) electrons. The Labute approximate surface area is 190 Å². The molecule has 3 aromatic rings. The van der Waals surface area contributed by atoms with Crippen LogP contribution in [0.2, 0.25) is 0 Å². The maximum absolute atomic E-state index is 13.5. The zero-order valence-electron chi connectivity index (χ0n) is 17.0. The lowest BCUT2D eigenvalue weighted by Gasteiger charge is -2.36. The summed E-state index contributed by atoms with van der Waals surface area (Å²) in [6, 6.07) is 11.2. The van der Waals surface area contributed by atoms with Crippen LogP contribution in [0.15, 0.2) is 52.1 Å². The minimum absolute atomic E-state index is 0.0279. The van der Waals surface area contributed by atoms with Crippen molar-refractivity contribution < 1.29 is 13.2 Å². The molecule has 6 nitrogen and oxygen atoms in total. The molecule has 2 N–H and O–H groups in total. The molecule has 0 aliphatic carbocycles. The SMILES string of the molecule is CC1Cc2cc(S(N)(=O)=O)ccc2N1C(=O)CN1CCc2sccc2C1c1cccs1. The van der Waals surface area contributed by atoms with E-state index in [2.05, 4.69) is 33.9 Å². The van der Waals surface area contributed by atoms with Gasteiger partial charge in [0.1, 0.15) is 0 Å². The summed E-state index contributed by atoms with van der Waals surface area (Å²) in [5.74, 6) is 0.0369. The van der Waals surface area contributed by atoms with Crippen LogP contribution < -0.4 is 10.0 Å². The lowest BCUT2D eigenvalue weighted by Crippen LogP contribution is -2.46. The van der Waals surface area contributed by atoms with Gasteiger partial charge in [0.05, 0.1) is 17.5 Å². The van der Waals surface area contributed by atoms with E-state index in [-0.39, 0.29) is 22.9 Å². The molecule has 0 saturated heterocycles. The maximum atomic E-state index is 13.5. The zero-order valence-corrected chi connectivity index (χ0v) is 19.5. The maximum Gasteiger partial charge on any atom is 0.241 e. The standard InChI is InChI=1S/C22H23N3O3S3/c1-14-11-15-12-16(31(23,27)28)4-5-18(15)25(14)21(26)13-24-8-6-19-17(7-10-30-19)22(24)20-3-2-9-29-20/h2-5,7,9-10,12,14,22H,6,8,11,13H2,1H3,(H2,23,27,28). The zero-order chi connectivity index (χ0) is 21.8. The van der Waals surface area contributed by atoms with Gasteiger partial charge in [0.25, 0.3) is 0 Å². The van der Waals surface area contributed by atoms with E-state index in [9.17, 15) is 13.2 Å². The molecule has 2 aliphatic heterocycles. The summed E-state index contributed by atoms with van der Waals surface area (Å²) in [6.07, 6.45) is 1.57. The first-order valence-corrected chi connectivity index (χ1v) is 13.4. The molecule has 31 heavy (non-hydrogen) atoms. The fourth-order valence-corrected chi connectivity index (χ4v) is 7.08. The van der Waals surface area contributed by atoms with Gasteiger partial charge < -0.3 is 4.90 Å². The first-order valence-electron chi connectivity index (χ1n) is 10.1. The number of nitrogens with zero attached hydrogens (tertiary/aromatic N) is 2. The topological polar surface area (TPSA) is 83.7 Å². The highest BCUT2D eigenvalue weighted by Gasteiger charge is 2.36. The van der Waals surface area contributed by atoms with Crippen molar-refractivity contribution in [1.29, 1.82) is 0 Å². The van der Waals surface area contributed by atoms with Gasteiger partial charge in [-0.15, -0.1) is 22.7 Å². The van der Waals surface area contributed by atoms with Crippen molar-refractivity contribution in [3.05, 3.63) is 68.0 Å². The number of benzene rings is 1. The molecule has 1 amide bonds. The molecule has 0 saturated carbocycles. The van der Waals surface area contributed by atoms with Crippen LogP contribution in [0.25, 0.3) is 0 Å². The molecule has 2 aromatic heterocycles. The first-order chi connectivity index (χ1) is 14.8. The molecular weight excluding hydrogens is 450 g/mol. The van der Waals surface area contributed by atoms with Crippen molar-refractivity contribution in [3.63, 3.8) is 0 Å². The van der Waals surface area contributed by atoms with Crippen molar-refractivity contribution in [2.45, 2.75) is 36.7 Å². The number of sulfonamides is 1. The van der Waals surface area contributed by atoms with E-state index in [4.69, 9.17) is 5.14 Å². The van der Waals surface area contributed by atoms with Crippen LogP contribution in [0.3, 0.4) is 0 Å². The molecule has 2 unspecified atom stereocenters. The molecule has 0 fully saturated rings. The van der Waals surface area contributed by atoms with Gasteiger partial charge in [-0.1, -0.05) is 6.07 Å². The number of rotatable bonds is 4. The highest BCUT2D eigenvalue weighted by Crippen LogP contribution is 2.40. The Morgan fingerprint density at radius 2 is 2.03 bits per heavy atom. The van der Waals surface area contributed by atoms with Crippen LogP contribution in [0.1, 0.15) is 33.8 Å². The summed E-state index contributed by atoms with van der Waals surface area (Å²) in [7, 11) is -3.77. The molecule has 2 atom stereocenters. The second kappa shape index (κ2) is 7.83. The average Bonchev–Trinajstić information content (AvgIpc) is 3.45. The Hall–Kier alpha value is -2.04. The monoisotopic (exact) mass is 473 g/mol. The number of carbonyl (C=O) groups is 1. The molecule has 162 valence electrons. The van der Waals surface area contributed by atoms with Gasteiger partial charge in [-0.05, 0) is 72.0 Å². The van der Waals surface area contributed by atoms with Crippen molar-refractivity contribution in [3.8, 4) is 0 Å². The number of thiophene rings is 2. The Balaban J connectivity index is 1.43. The smallest absolute Gasteiger partial charge is 0.241 e. The Kier molecular flexibility index (Phi) is 5.26. The van der Waals surface area contributed by atoms with E-state index in [0.29, 0.717) is 13.0 Å². The third kappa shape index (κ3) is 3.74. The second-order valence-corrected chi connectivity index (χ2v) is 11.6. The van der Waals surface area contributed by atoms with Crippen molar-refractivity contribution in [2.24, 2.45) is 5.14 Å². The van der Waals surface area contributed by atoms with Crippen LogP contribution >= 0.6 is 22.7 Å². The van der Waals surface area contributed by atoms with Crippen LogP contribution in [-0.4, -0.2) is 38.4 Å². The lowest BCUT2D eigenvalue weighted by atomic mass is 9.98. The predicted octanol–water partition coefficient (Wildman–Crippen LogP) is 3.38. The van der Waals surface area contributed by atoms with Gasteiger partial charge in [0.2, 0.25) is 15.9 Å². The fourth-order valence-electron chi connectivity index (χ4n) is 4.73. The van der Waals surface area contributed by atoms with E-state index in [0.717, 1.165) is 24.2 Å². The van der Waals surface area contributed by atoms with Gasteiger partial charge >= 0.3 is 0 Å². The van der Waals surface area contributed by atoms with E-state index in [1.54, 1.807) is 34.8 Å². The first kappa shape index (κ1) is 20.8. The highest BCUT2D eigenvalue weighted by atomic mass is 32.2. The number of hydrogen-bond acceptors (Lipinski definition) is 6. The fraction of sp³-hybridized carbons (Fsp3) is 0.318. The minimum Gasteiger partial charge on any atom is -0.308 e. The summed E-state index contributed by atoms with van der Waals surface area (Å²) in [6.45, 7) is 3.15. The van der Waals surface area contributed by atoms with Crippen LogP contribution in [-0.2, 0) is 27.7 Å². The third-order valence-electron chi connectivity index (χ3n) is 6.08. The van der Waals surface area contributed by atoms with Crippen LogP contribution in [0.5, 0.6) is 0 Å². The Morgan fingerprint density at radius 3 is 2.77 bits per heavy atom. The van der Waals surface area contributed by atoms with Gasteiger partial charge in [-0.25, -0.2) is 13.6 Å². The number of hydrogen-bond donors (Lipinski definition) is 1. The molecule has 0 spiro atoms. The quantitative estimate of drug-likeness (QED) is 0.630. The highest BCUT2D eigenvalue weighted by molar-refractivity contribution is 7.89. The molecular formula is C22H23N3O3S3. The Morgan fingerprint density at radius 1 is 1.19 bits per heavy atom. The summed E-state index contributed by atoms with van der Waals surface area (Å²) in [5.41, 5.74) is 2.94. The Bertz CT molecular complexity index is 1230. The van der Waals surface area contributed by atoms with Gasteiger partial charge in [0.15, 0.2) is 0 Å². The number of carbonyl (C=O) groups excluding carboxylic acids is 1. The van der Waals surface area contributed by atoms with Crippen LogP contribution in [0, 0.1) is 0 Å². The summed E-state index contributed by atoms with van der Waals surface area (Å²) in [5, 5.41) is 9.50. The van der Waals surface area contributed by atoms with Crippen molar-refractivity contribution in [1.82, 2.24) is 4.90 Å². The van der Waals surface area contributed by atoms with Crippen LogP contribution in [0.4, 0.5) is 5.69 Å². The predicted molar refractivity (Wildman–Crippen MR) is 124 cm³/mol. The number of primary sulfonamides is 1. The molecule has 9 heteroatoms. The third-order valence-corrected chi connectivity index (χ3v) is 8.91. The summed E-state index contributed by atoms with van der Waals surface area (Å²) < 4.78 is 23.4. The molecule has 5 rings (SSSR count). The van der Waals surface area contributed by atoms with E-state index < -0.39 is 10.0 Å². The number of anilines is 1. The van der Waals surface area contributed by atoms with Gasteiger partial charge in [-0.2, -0.15) is 0 Å². The van der Waals surface area contributed by atoms with Crippen molar-refractivity contribution in [2.75, 3.05) is 18.0 Å². The molecule has 2 aliphatic rings. The molecule has 4 heterocycles. The number of fused-ring (bicyclic) bond motifs is 2. The number of amides is 1. The second-order valence-electron chi connectivity index (χ2n) is 8.09. The molecule has 1 aromatic carbocycles. The number of nitrogens with two attached hydrogens (primary N) is 1. The van der Waals surface area contributed by atoms with E-state index in [1.165, 1.54) is 21.4 Å². The van der Waals surface area contributed by atoms with E-state index >= 15 is 0 Å². The summed E-state index contributed by atoms with van der Waals surface area (Å²) >= 11 is 3.51. The van der Waals surface area contributed by atoms with Gasteiger partial charge in [0, 0.05) is 28.0 Å². The average molecular weight is 474 g/mol. The largest absolute Gasteiger partial charge is 0.308 e.